The summed E-state index contributed by atoms with van der Waals surface area (Å²) < 4.78 is 0. The van der Waals surface area contributed by atoms with Crippen LogP contribution in [0.3, 0.4) is 0 Å². The monoisotopic (exact) mass is 297 g/mol. The number of benzene rings is 1. The lowest BCUT2D eigenvalue weighted by atomic mass is 10.0. The third-order valence-electron chi connectivity index (χ3n) is 3.90. The molecule has 1 heterocycles. The number of aliphatic hydroxyl groups is 1. The second-order valence-corrected chi connectivity index (χ2v) is 6.18. The predicted molar refractivity (Wildman–Crippen MR) is 82.9 cm³/mol. The van der Waals surface area contributed by atoms with Gasteiger partial charge in [0.05, 0.1) is 6.10 Å². The van der Waals surface area contributed by atoms with Gasteiger partial charge in [0, 0.05) is 36.7 Å². The van der Waals surface area contributed by atoms with E-state index in [0.29, 0.717) is 19.1 Å². The van der Waals surface area contributed by atoms with E-state index in [2.05, 4.69) is 23.9 Å². The molecule has 0 saturated carbocycles. The zero-order valence-electron chi connectivity index (χ0n) is 12.2. The molecule has 2 rings (SSSR count). The first kappa shape index (κ1) is 15.7. The summed E-state index contributed by atoms with van der Waals surface area (Å²) in [5.41, 5.74) is 7.05. The van der Waals surface area contributed by atoms with E-state index in [-0.39, 0.29) is 12.1 Å². The molecular formula is C15H24ClN3O. The van der Waals surface area contributed by atoms with Gasteiger partial charge in [-0.1, -0.05) is 29.8 Å². The average molecular weight is 298 g/mol. The van der Waals surface area contributed by atoms with Crippen molar-refractivity contribution in [1.29, 1.82) is 0 Å². The molecule has 1 aromatic rings. The van der Waals surface area contributed by atoms with Crippen molar-refractivity contribution in [1.82, 2.24) is 9.80 Å². The maximum atomic E-state index is 10.0. The number of nitrogens with two attached hydrogens (primary N) is 1. The highest BCUT2D eigenvalue weighted by Crippen LogP contribution is 2.32. The van der Waals surface area contributed by atoms with E-state index < -0.39 is 0 Å². The fourth-order valence-corrected chi connectivity index (χ4v) is 3.35. The molecule has 112 valence electrons. The Labute approximate surface area is 126 Å². The average Bonchev–Trinajstić information content (AvgIpc) is 2.73. The topological polar surface area (TPSA) is 52.7 Å². The molecule has 5 heteroatoms. The molecule has 3 N–H and O–H groups in total. The number of hydrogen-bond donors (Lipinski definition) is 2. The van der Waals surface area contributed by atoms with Gasteiger partial charge in [-0.15, -0.1) is 0 Å². The highest BCUT2D eigenvalue weighted by Gasteiger charge is 2.36. The van der Waals surface area contributed by atoms with E-state index in [1.54, 1.807) is 0 Å². The summed E-state index contributed by atoms with van der Waals surface area (Å²) in [5, 5.41) is 10.8. The summed E-state index contributed by atoms with van der Waals surface area (Å²) >= 11 is 6.31. The third kappa shape index (κ3) is 3.51. The number of β-amino-alcohol motifs (C(OH)–C–C–N with tert-alkyl or cyclic N) is 1. The zero-order chi connectivity index (χ0) is 14.7. The molecule has 0 amide bonds. The summed E-state index contributed by atoms with van der Waals surface area (Å²) in [4.78, 5) is 4.45. The van der Waals surface area contributed by atoms with Crippen LogP contribution in [0.2, 0.25) is 5.02 Å². The van der Waals surface area contributed by atoms with Crippen molar-refractivity contribution in [2.24, 2.45) is 5.73 Å². The van der Waals surface area contributed by atoms with Crippen molar-refractivity contribution in [2.45, 2.75) is 24.6 Å². The van der Waals surface area contributed by atoms with Crippen molar-refractivity contribution < 1.29 is 5.11 Å². The lowest BCUT2D eigenvalue weighted by Gasteiger charge is -2.34. The Morgan fingerprint density at radius 3 is 2.75 bits per heavy atom. The summed E-state index contributed by atoms with van der Waals surface area (Å²) in [6, 6.07) is 8.20. The third-order valence-corrected chi connectivity index (χ3v) is 4.24. The maximum Gasteiger partial charge on any atom is 0.0682 e. The van der Waals surface area contributed by atoms with Crippen LogP contribution < -0.4 is 5.73 Å². The Morgan fingerprint density at radius 1 is 1.45 bits per heavy atom. The van der Waals surface area contributed by atoms with Gasteiger partial charge in [0.15, 0.2) is 0 Å². The molecule has 3 atom stereocenters. The Balaban J connectivity index is 2.23. The van der Waals surface area contributed by atoms with Gasteiger partial charge >= 0.3 is 0 Å². The van der Waals surface area contributed by atoms with Crippen molar-refractivity contribution in [3.05, 3.63) is 34.9 Å². The Morgan fingerprint density at radius 2 is 2.15 bits per heavy atom. The van der Waals surface area contributed by atoms with Gasteiger partial charge in [-0.2, -0.15) is 0 Å². The Bertz CT molecular complexity index is 441. The normalized spacial score (nSPS) is 25.3. The molecule has 20 heavy (non-hydrogen) atoms. The highest BCUT2D eigenvalue weighted by atomic mass is 35.5. The first-order chi connectivity index (χ1) is 9.52. The van der Waals surface area contributed by atoms with Crippen molar-refractivity contribution in [2.75, 3.05) is 33.7 Å². The molecule has 1 saturated heterocycles. The summed E-state index contributed by atoms with van der Waals surface area (Å²) in [5.74, 6) is 0. The minimum atomic E-state index is -0.281. The summed E-state index contributed by atoms with van der Waals surface area (Å²) in [6.07, 6.45) is 0.510. The Hall–Kier alpha value is -0.650. The van der Waals surface area contributed by atoms with Crippen LogP contribution in [0.25, 0.3) is 0 Å². The fraction of sp³-hybridized carbons (Fsp3) is 0.600. The van der Waals surface area contributed by atoms with E-state index in [4.69, 9.17) is 17.3 Å². The van der Waals surface area contributed by atoms with Crippen LogP contribution in [0.5, 0.6) is 0 Å². The minimum Gasteiger partial charge on any atom is -0.392 e. The fourth-order valence-electron chi connectivity index (χ4n) is 3.09. The van der Waals surface area contributed by atoms with Crippen molar-refractivity contribution in [3.63, 3.8) is 0 Å². The smallest absolute Gasteiger partial charge is 0.0682 e. The van der Waals surface area contributed by atoms with Crippen molar-refractivity contribution >= 4 is 11.6 Å². The number of hydrogen-bond acceptors (Lipinski definition) is 4. The number of likely N-dealkylation sites (N-methyl/N-ethyl adjacent to an activating group) is 1. The zero-order valence-corrected chi connectivity index (χ0v) is 12.9. The van der Waals surface area contributed by atoms with Crippen LogP contribution >= 0.6 is 11.6 Å². The molecule has 0 spiro atoms. The van der Waals surface area contributed by atoms with Crippen LogP contribution in [0, 0.1) is 0 Å². The SMILES string of the molecule is CN(C)CC1CC(O)CN1C(CN)c1ccccc1Cl. The molecule has 3 unspecified atom stereocenters. The molecule has 1 fully saturated rings. The quantitative estimate of drug-likeness (QED) is 0.861. The van der Waals surface area contributed by atoms with Gasteiger partial charge in [-0.3, -0.25) is 4.90 Å². The Kier molecular flexibility index (Phi) is 5.41. The van der Waals surface area contributed by atoms with E-state index in [0.717, 1.165) is 23.6 Å². The highest BCUT2D eigenvalue weighted by molar-refractivity contribution is 6.31. The number of aliphatic hydroxyl groups excluding tert-OH is 1. The standard InChI is InChI=1S/C15H24ClN3O/c1-18(2)9-11-7-12(20)10-19(11)15(8-17)13-5-3-4-6-14(13)16/h3-6,11-12,15,20H,7-10,17H2,1-2H3. The van der Waals surface area contributed by atoms with Crippen LogP contribution in [0.15, 0.2) is 24.3 Å². The first-order valence-electron chi connectivity index (χ1n) is 7.06. The second-order valence-electron chi connectivity index (χ2n) is 5.78. The van der Waals surface area contributed by atoms with Crippen LogP contribution in [-0.2, 0) is 0 Å². The molecule has 1 aliphatic heterocycles. The maximum absolute atomic E-state index is 10.0. The van der Waals surface area contributed by atoms with Gasteiger partial charge in [-0.05, 0) is 32.1 Å². The van der Waals surface area contributed by atoms with E-state index >= 15 is 0 Å². The number of halogens is 1. The first-order valence-corrected chi connectivity index (χ1v) is 7.43. The molecule has 1 aromatic carbocycles. The van der Waals surface area contributed by atoms with Crippen molar-refractivity contribution in [3.8, 4) is 0 Å². The molecule has 0 aromatic heterocycles. The lowest BCUT2D eigenvalue weighted by molar-refractivity contribution is 0.139. The van der Waals surface area contributed by atoms with Gasteiger partial charge in [0.1, 0.15) is 0 Å². The number of rotatable bonds is 5. The molecule has 4 nitrogen and oxygen atoms in total. The van der Waals surface area contributed by atoms with Crippen LogP contribution in [0.4, 0.5) is 0 Å². The van der Waals surface area contributed by atoms with Gasteiger partial charge in [-0.25, -0.2) is 0 Å². The van der Waals surface area contributed by atoms with Crippen LogP contribution in [0.1, 0.15) is 18.0 Å². The van der Waals surface area contributed by atoms with E-state index in [1.165, 1.54) is 0 Å². The molecule has 0 bridgehead atoms. The van der Waals surface area contributed by atoms with Gasteiger partial charge < -0.3 is 15.7 Å². The van der Waals surface area contributed by atoms with E-state index in [9.17, 15) is 5.11 Å². The predicted octanol–water partition coefficient (Wildman–Crippen LogP) is 1.34. The lowest BCUT2D eigenvalue weighted by Crippen LogP contribution is -2.42. The molecular weight excluding hydrogens is 274 g/mol. The van der Waals surface area contributed by atoms with E-state index in [1.807, 2.05) is 24.3 Å². The number of likely N-dealkylation sites (tertiary alicyclic amines) is 1. The molecule has 1 aliphatic rings. The summed E-state index contributed by atoms with van der Waals surface area (Å²) in [7, 11) is 4.10. The van der Waals surface area contributed by atoms with Gasteiger partial charge in [0.2, 0.25) is 0 Å². The van der Waals surface area contributed by atoms with Gasteiger partial charge in [0.25, 0.3) is 0 Å². The molecule has 0 radical (unpaired) electrons. The summed E-state index contributed by atoms with van der Waals surface area (Å²) in [6.45, 7) is 2.07. The second kappa shape index (κ2) is 6.87. The van der Waals surface area contributed by atoms with Crippen LogP contribution in [-0.4, -0.2) is 60.8 Å². The number of nitrogens with zero attached hydrogens (tertiary/aromatic N) is 2. The minimum absolute atomic E-state index is 0.0609. The largest absolute Gasteiger partial charge is 0.392 e. The molecule has 0 aliphatic carbocycles.